The number of nitrogens with zero attached hydrogens (tertiary/aromatic N) is 1. The van der Waals surface area contributed by atoms with Crippen LogP contribution in [0.2, 0.25) is 0 Å². The number of amides is 3. The van der Waals surface area contributed by atoms with Crippen LogP contribution in [0.4, 0.5) is 4.79 Å². The lowest BCUT2D eigenvalue weighted by molar-refractivity contribution is -0.140. The highest BCUT2D eigenvalue weighted by Crippen LogP contribution is 2.14. The molecule has 0 spiro atoms. The number of rotatable bonds is 5. The van der Waals surface area contributed by atoms with Gasteiger partial charge < -0.3 is 20.7 Å². The van der Waals surface area contributed by atoms with Crippen LogP contribution in [0, 0.1) is 11.3 Å². The highest BCUT2D eigenvalue weighted by atomic mass is 16.5. The Kier molecular flexibility index (Phi) is 9.37. The Morgan fingerprint density at radius 1 is 1.18 bits per heavy atom. The summed E-state index contributed by atoms with van der Waals surface area (Å²) < 4.78 is 5.21. The van der Waals surface area contributed by atoms with Crippen LogP contribution in [-0.4, -0.2) is 53.9 Å². The zero-order valence-corrected chi connectivity index (χ0v) is 20.2. The lowest BCUT2D eigenvalue weighted by atomic mass is 9.98. The van der Waals surface area contributed by atoms with Crippen molar-refractivity contribution in [2.75, 3.05) is 13.2 Å². The summed E-state index contributed by atoms with van der Waals surface area (Å²) in [5, 5.41) is 7.89. The molecule has 2 bridgehead atoms. The number of aryl methyl sites for hydroxylation is 2. The smallest absolute Gasteiger partial charge is 0.407 e. The minimum Gasteiger partial charge on any atom is -0.449 e. The highest BCUT2D eigenvalue weighted by molar-refractivity contribution is 6.38. The molecule has 182 valence electrons. The van der Waals surface area contributed by atoms with Gasteiger partial charge in [-0.1, -0.05) is 40.7 Å². The molecule has 0 fully saturated rings. The maximum absolute atomic E-state index is 13.0. The van der Waals surface area contributed by atoms with Crippen LogP contribution in [0.1, 0.15) is 58.6 Å². The molecule has 0 aliphatic carbocycles. The third kappa shape index (κ3) is 8.82. The Bertz CT molecular complexity index is 863. The van der Waals surface area contributed by atoms with Crippen molar-refractivity contribution in [1.29, 1.82) is 0 Å². The summed E-state index contributed by atoms with van der Waals surface area (Å²) in [6, 6.07) is 0.0951. The summed E-state index contributed by atoms with van der Waals surface area (Å²) in [5.74, 6) is -2.22. The standard InChI is InChI=1S/C24H36N4O5/c1-15(2)19(28-23(32)33-14-24(3,4)5)21(30)27-18-9-8-17-11-16(12-25-13-17)7-6-10-26-22(31)20(18)29/h11-13,15,18-19H,6-10,14H2,1-5H3,(H,26,31)(H,27,30)(H,28,32). The van der Waals surface area contributed by atoms with Crippen LogP contribution in [0.5, 0.6) is 0 Å². The van der Waals surface area contributed by atoms with E-state index in [1.54, 1.807) is 26.2 Å². The zero-order chi connectivity index (χ0) is 24.6. The maximum Gasteiger partial charge on any atom is 0.407 e. The Labute approximate surface area is 195 Å². The molecular weight excluding hydrogens is 424 g/mol. The molecule has 2 rings (SSSR count). The molecule has 2 atom stereocenters. The summed E-state index contributed by atoms with van der Waals surface area (Å²) in [6.45, 7) is 9.89. The van der Waals surface area contributed by atoms with Crippen molar-refractivity contribution in [3.8, 4) is 0 Å². The van der Waals surface area contributed by atoms with Gasteiger partial charge in [-0.25, -0.2) is 4.79 Å². The summed E-state index contributed by atoms with van der Waals surface area (Å²) in [5.41, 5.74) is 1.78. The summed E-state index contributed by atoms with van der Waals surface area (Å²) in [6.07, 6.45) is 4.95. The van der Waals surface area contributed by atoms with E-state index in [9.17, 15) is 19.2 Å². The Hall–Kier alpha value is -2.97. The molecule has 0 aromatic carbocycles. The van der Waals surface area contributed by atoms with Gasteiger partial charge in [-0.15, -0.1) is 0 Å². The number of carbonyl (C=O) groups is 4. The number of alkyl carbamates (subject to hydrolysis) is 1. The van der Waals surface area contributed by atoms with E-state index in [-0.39, 0.29) is 24.4 Å². The van der Waals surface area contributed by atoms with Gasteiger partial charge in [0.15, 0.2) is 0 Å². The first-order valence-corrected chi connectivity index (χ1v) is 11.4. The summed E-state index contributed by atoms with van der Waals surface area (Å²) >= 11 is 0. The summed E-state index contributed by atoms with van der Waals surface area (Å²) in [7, 11) is 0. The Morgan fingerprint density at radius 3 is 2.48 bits per heavy atom. The number of ketones is 1. The molecule has 2 unspecified atom stereocenters. The molecule has 3 N–H and O–H groups in total. The van der Waals surface area contributed by atoms with Crippen LogP contribution in [-0.2, 0) is 32.0 Å². The molecule has 3 amide bonds. The molecular formula is C24H36N4O5. The van der Waals surface area contributed by atoms with Crippen molar-refractivity contribution in [1.82, 2.24) is 20.9 Å². The topological polar surface area (TPSA) is 126 Å². The molecule has 1 aromatic heterocycles. The molecule has 9 heteroatoms. The molecule has 1 aliphatic heterocycles. The van der Waals surface area contributed by atoms with Crippen LogP contribution in [0.3, 0.4) is 0 Å². The van der Waals surface area contributed by atoms with Gasteiger partial charge in [0.1, 0.15) is 6.04 Å². The summed E-state index contributed by atoms with van der Waals surface area (Å²) in [4.78, 5) is 54.7. The van der Waals surface area contributed by atoms with Crippen molar-refractivity contribution in [3.05, 3.63) is 29.6 Å². The molecule has 9 nitrogen and oxygen atoms in total. The first-order valence-electron chi connectivity index (χ1n) is 11.4. The number of carbonyl (C=O) groups excluding carboxylic acids is 4. The molecule has 1 aromatic rings. The van der Waals surface area contributed by atoms with E-state index in [1.807, 2.05) is 26.8 Å². The lowest BCUT2D eigenvalue weighted by Crippen LogP contribution is -2.55. The number of hydrogen-bond acceptors (Lipinski definition) is 6. The largest absolute Gasteiger partial charge is 0.449 e. The number of ether oxygens (including phenoxy) is 1. The van der Waals surface area contributed by atoms with Crippen molar-refractivity contribution in [3.63, 3.8) is 0 Å². The number of hydrogen-bond donors (Lipinski definition) is 3. The van der Waals surface area contributed by atoms with Crippen LogP contribution in [0.25, 0.3) is 0 Å². The van der Waals surface area contributed by atoms with E-state index in [4.69, 9.17) is 4.74 Å². The van der Waals surface area contributed by atoms with Crippen LogP contribution >= 0.6 is 0 Å². The SMILES string of the molecule is CC(C)C(NC(=O)OCC(C)(C)C)C(=O)NC1CCc2cncc(c2)CCCNC(=O)C1=O. The number of Topliss-reactive ketones (excluding diaryl/α,β-unsaturated/α-hetero) is 1. The van der Waals surface area contributed by atoms with E-state index in [2.05, 4.69) is 20.9 Å². The van der Waals surface area contributed by atoms with Gasteiger partial charge in [-0.2, -0.15) is 0 Å². The van der Waals surface area contributed by atoms with Crippen LogP contribution in [0.15, 0.2) is 18.5 Å². The fourth-order valence-electron chi connectivity index (χ4n) is 3.38. The molecule has 0 radical (unpaired) electrons. The van der Waals surface area contributed by atoms with Crippen molar-refractivity contribution < 1.29 is 23.9 Å². The number of fused-ring (bicyclic) bond motifs is 2. The van der Waals surface area contributed by atoms with E-state index < -0.39 is 35.8 Å². The fourth-order valence-corrected chi connectivity index (χ4v) is 3.38. The highest BCUT2D eigenvalue weighted by Gasteiger charge is 2.32. The second-order valence-corrected chi connectivity index (χ2v) is 10.0. The van der Waals surface area contributed by atoms with Crippen molar-refractivity contribution in [2.45, 2.75) is 72.4 Å². The van der Waals surface area contributed by atoms with Gasteiger partial charge in [-0.05, 0) is 48.1 Å². The van der Waals surface area contributed by atoms with Gasteiger partial charge >= 0.3 is 6.09 Å². The maximum atomic E-state index is 13.0. The molecule has 1 aliphatic rings. The molecule has 0 saturated heterocycles. The van der Waals surface area contributed by atoms with Crippen molar-refractivity contribution in [2.24, 2.45) is 11.3 Å². The Balaban J connectivity index is 2.12. The van der Waals surface area contributed by atoms with Gasteiger partial charge in [0.05, 0.1) is 12.6 Å². The monoisotopic (exact) mass is 460 g/mol. The Morgan fingerprint density at radius 2 is 1.85 bits per heavy atom. The first kappa shape index (κ1) is 26.3. The third-order valence-corrected chi connectivity index (χ3v) is 5.22. The predicted octanol–water partition coefficient (Wildman–Crippen LogP) is 1.93. The first-order chi connectivity index (χ1) is 15.5. The van der Waals surface area contributed by atoms with Gasteiger partial charge in [0.25, 0.3) is 5.91 Å². The predicted molar refractivity (Wildman–Crippen MR) is 123 cm³/mol. The number of aromatic nitrogens is 1. The normalized spacial score (nSPS) is 18.4. The zero-order valence-electron chi connectivity index (χ0n) is 20.2. The van der Waals surface area contributed by atoms with Gasteiger partial charge in [0.2, 0.25) is 11.7 Å². The average molecular weight is 461 g/mol. The molecule has 2 heterocycles. The van der Waals surface area contributed by atoms with E-state index in [1.165, 1.54) is 0 Å². The van der Waals surface area contributed by atoms with Gasteiger partial charge in [-0.3, -0.25) is 19.4 Å². The average Bonchev–Trinajstić information content (AvgIpc) is 2.74. The number of pyridine rings is 1. The van der Waals surface area contributed by atoms with E-state index in [0.717, 1.165) is 17.5 Å². The minimum absolute atomic E-state index is 0.194. The minimum atomic E-state index is -1.02. The van der Waals surface area contributed by atoms with Crippen molar-refractivity contribution >= 4 is 23.7 Å². The third-order valence-electron chi connectivity index (χ3n) is 5.22. The molecule has 0 saturated carbocycles. The fraction of sp³-hybridized carbons (Fsp3) is 0.625. The van der Waals surface area contributed by atoms with E-state index >= 15 is 0 Å². The molecule has 33 heavy (non-hydrogen) atoms. The lowest BCUT2D eigenvalue weighted by Gasteiger charge is -2.25. The quantitative estimate of drug-likeness (QED) is 0.577. The van der Waals surface area contributed by atoms with Gasteiger partial charge in [0, 0.05) is 18.9 Å². The second kappa shape index (κ2) is 11.8. The van der Waals surface area contributed by atoms with Crippen LogP contribution < -0.4 is 16.0 Å². The number of nitrogens with one attached hydrogen (secondary N) is 3. The van der Waals surface area contributed by atoms with E-state index in [0.29, 0.717) is 19.4 Å². The second-order valence-electron chi connectivity index (χ2n) is 10.0.